The van der Waals surface area contributed by atoms with Crippen molar-refractivity contribution in [2.45, 2.75) is 0 Å². The molecule has 2 rings (SSSR count). The molecular formula is C14H14ClNO5. The van der Waals surface area contributed by atoms with Crippen LogP contribution in [0.2, 0.25) is 0 Å². The summed E-state index contributed by atoms with van der Waals surface area (Å²) in [6.45, 7) is 0. The van der Waals surface area contributed by atoms with Crippen molar-refractivity contribution in [2.75, 3.05) is 27.2 Å². The number of carbonyl (C=O) groups excluding carboxylic acids is 1. The molecule has 0 saturated carbocycles. The van der Waals surface area contributed by atoms with E-state index in [0.29, 0.717) is 34.1 Å². The second kappa shape index (κ2) is 6.49. The molecule has 7 heteroatoms. The average molecular weight is 312 g/mol. The third kappa shape index (κ3) is 2.95. The molecule has 21 heavy (non-hydrogen) atoms. The number of benzene rings is 1. The van der Waals surface area contributed by atoms with Gasteiger partial charge in [-0.25, -0.2) is 4.79 Å². The highest BCUT2D eigenvalue weighted by molar-refractivity contribution is 6.38. The molecule has 0 N–H and O–H groups in total. The molecule has 1 aliphatic rings. The number of alkyl halides is 1. The Bertz CT molecular complexity index is 599. The monoisotopic (exact) mass is 311 g/mol. The van der Waals surface area contributed by atoms with Crippen molar-refractivity contribution in [1.82, 2.24) is 0 Å². The molecule has 0 bridgehead atoms. The standard InChI is InChI=1S/C14H14ClNO5/c1-18-11-5-8(6-12(19-2)13(11)20-3)4-9-10(7-15)16-21-14(9)17/h4-6H,7H2,1-3H3. The van der Waals surface area contributed by atoms with E-state index in [1.54, 1.807) is 18.2 Å². The van der Waals surface area contributed by atoms with Gasteiger partial charge < -0.3 is 19.0 Å². The minimum absolute atomic E-state index is 0.0853. The highest BCUT2D eigenvalue weighted by Gasteiger charge is 2.25. The molecule has 1 aromatic carbocycles. The average Bonchev–Trinajstić information content (AvgIpc) is 2.86. The van der Waals surface area contributed by atoms with Gasteiger partial charge in [-0.15, -0.1) is 11.6 Å². The number of oxime groups is 1. The molecule has 1 aliphatic heterocycles. The Labute approximate surface area is 126 Å². The van der Waals surface area contributed by atoms with E-state index in [4.69, 9.17) is 25.8 Å². The first-order valence-corrected chi connectivity index (χ1v) is 6.54. The lowest BCUT2D eigenvalue weighted by Crippen LogP contribution is -2.06. The van der Waals surface area contributed by atoms with Gasteiger partial charge in [0.1, 0.15) is 5.71 Å². The first-order chi connectivity index (χ1) is 10.1. The minimum atomic E-state index is -0.542. The minimum Gasteiger partial charge on any atom is -0.493 e. The normalized spacial score (nSPS) is 15.7. The molecule has 0 aliphatic carbocycles. The van der Waals surface area contributed by atoms with Crippen molar-refractivity contribution in [3.05, 3.63) is 23.3 Å². The lowest BCUT2D eigenvalue weighted by atomic mass is 10.1. The Morgan fingerprint density at radius 2 is 1.81 bits per heavy atom. The van der Waals surface area contributed by atoms with Crippen LogP contribution in [0.15, 0.2) is 22.9 Å². The zero-order valence-electron chi connectivity index (χ0n) is 11.8. The van der Waals surface area contributed by atoms with E-state index in [1.807, 2.05) is 0 Å². The molecule has 112 valence electrons. The van der Waals surface area contributed by atoms with Crippen LogP contribution >= 0.6 is 11.6 Å². The van der Waals surface area contributed by atoms with Gasteiger partial charge in [-0.05, 0) is 23.8 Å². The van der Waals surface area contributed by atoms with Crippen LogP contribution in [0.5, 0.6) is 17.2 Å². The van der Waals surface area contributed by atoms with E-state index in [0.717, 1.165) is 0 Å². The van der Waals surface area contributed by atoms with Gasteiger partial charge in [0.05, 0.1) is 32.8 Å². The second-order valence-electron chi connectivity index (χ2n) is 4.07. The number of hydrogen-bond donors (Lipinski definition) is 0. The highest BCUT2D eigenvalue weighted by Crippen LogP contribution is 2.38. The summed E-state index contributed by atoms with van der Waals surface area (Å²) in [6.07, 6.45) is 1.61. The van der Waals surface area contributed by atoms with Gasteiger partial charge in [0, 0.05) is 0 Å². The molecule has 0 saturated heterocycles. The molecule has 1 heterocycles. The maximum atomic E-state index is 11.6. The predicted molar refractivity (Wildman–Crippen MR) is 78.3 cm³/mol. The fraction of sp³-hybridized carbons (Fsp3) is 0.286. The fourth-order valence-corrected chi connectivity index (χ4v) is 2.10. The van der Waals surface area contributed by atoms with Crippen molar-refractivity contribution in [3.63, 3.8) is 0 Å². The third-order valence-electron chi connectivity index (χ3n) is 2.89. The van der Waals surface area contributed by atoms with Gasteiger partial charge in [0.2, 0.25) is 5.75 Å². The highest BCUT2D eigenvalue weighted by atomic mass is 35.5. The zero-order chi connectivity index (χ0) is 15.4. The van der Waals surface area contributed by atoms with Gasteiger partial charge in [-0.1, -0.05) is 5.16 Å². The summed E-state index contributed by atoms with van der Waals surface area (Å²) in [5.74, 6) is 0.989. The Kier molecular flexibility index (Phi) is 4.70. The zero-order valence-corrected chi connectivity index (χ0v) is 12.6. The van der Waals surface area contributed by atoms with Gasteiger partial charge >= 0.3 is 5.97 Å². The Balaban J connectivity index is 2.50. The molecule has 0 atom stereocenters. The van der Waals surface area contributed by atoms with Crippen molar-refractivity contribution in [1.29, 1.82) is 0 Å². The van der Waals surface area contributed by atoms with Crippen LogP contribution in [0, 0.1) is 0 Å². The first-order valence-electron chi connectivity index (χ1n) is 6.00. The van der Waals surface area contributed by atoms with E-state index in [2.05, 4.69) is 9.99 Å². The molecule has 0 radical (unpaired) electrons. The third-order valence-corrected chi connectivity index (χ3v) is 3.15. The molecule has 6 nitrogen and oxygen atoms in total. The van der Waals surface area contributed by atoms with Crippen LogP contribution in [0.4, 0.5) is 0 Å². The summed E-state index contributed by atoms with van der Waals surface area (Å²) in [4.78, 5) is 16.2. The topological polar surface area (TPSA) is 66.4 Å². The number of methoxy groups -OCH3 is 3. The number of rotatable bonds is 5. The quantitative estimate of drug-likeness (QED) is 0.474. The predicted octanol–water partition coefficient (Wildman–Crippen LogP) is 2.25. The van der Waals surface area contributed by atoms with Crippen LogP contribution in [0.1, 0.15) is 5.56 Å². The van der Waals surface area contributed by atoms with Crippen molar-refractivity contribution < 1.29 is 23.8 Å². The summed E-state index contributed by atoms with van der Waals surface area (Å²) in [5, 5.41) is 3.61. The molecule has 0 aromatic heterocycles. The van der Waals surface area contributed by atoms with Gasteiger partial charge in [0.15, 0.2) is 11.5 Å². The van der Waals surface area contributed by atoms with Crippen LogP contribution in [-0.2, 0) is 9.63 Å². The molecule has 0 amide bonds. The lowest BCUT2D eigenvalue weighted by Gasteiger charge is -2.13. The summed E-state index contributed by atoms with van der Waals surface area (Å²) in [7, 11) is 4.55. The van der Waals surface area contributed by atoms with Crippen molar-refractivity contribution >= 4 is 29.4 Å². The second-order valence-corrected chi connectivity index (χ2v) is 4.33. The van der Waals surface area contributed by atoms with E-state index >= 15 is 0 Å². The maximum Gasteiger partial charge on any atom is 0.367 e. The van der Waals surface area contributed by atoms with Gasteiger partial charge in [0.25, 0.3) is 0 Å². The van der Waals surface area contributed by atoms with Crippen molar-refractivity contribution in [3.8, 4) is 17.2 Å². The number of ether oxygens (including phenoxy) is 3. The van der Waals surface area contributed by atoms with Crippen LogP contribution < -0.4 is 14.2 Å². The molecule has 0 unspecified atom stereocenters. The summed E-state index contributed by atoms with van der Waals surface area (Å²) in [6, 6.07) is 3.43. The number of nitrogens with zero attached hydrogens (tertiary/aromatic N) is 1. The smallest absolute Gasteiger partial charge is 0.367 e. The van der Waals surface area contributed by atoms with E-state index in [-0.39, 0.29) is 5.88 Å². The molecular weight excluding hydrogens is 298 g/mol. The van der Waals surface area contributed by atoms with Crippen molar-refractivity contribution in [2.24, 2.45) is 5.16 Å². The number of halogens is 1. The SMILES string of the molecule is COc1cc(C=C2C(=O)ON=C2CCl)cc(OC)c1OC. The van der Waals surface area contributed by atoms with Crippen LogP contribution in [0.25, 0.3) is 6.08 Å². The number of hydrogen-bond acceptors (Lipinski definition) is 6. The van der Waals surface area contributed by atoms with Gasteiger partial charge in [-0.3, -0.25) is 0 Å². The Hall–Kier alpha value is -2.21. The molecule has 0 spiro atoms. The first kappa shape index (κ1) is 15.2. The molecule has 0 fully saturated rings. The summed E-state index contributed by atoms with van der Waals surface area (Å²) < 4.78 is 15.8. The largest absolute Gasteiger partial charge is 0.493 e. The lowest BCUT2D eigenvalue weighted by molar-refractivity contribution is -0.136. The van der Waals surface area contributed by atoms with Crippen LogP contribution in [0.3, 0.4) is 0 Å². The Morgan fingerprint density at radius 3 is 2.29 bits per heavy atom. The van der Waals surface area contributed by atoms with E-state index in [1.165, 1.54) is 21.3 Å². The Morgan fingerprint density at radius 1 is 1.19 bits per heavy atom. The van der Waals surface area contributed by atoms with Crippen LogP contribution in [-0.4, -0.2) is 38.9 Å². The van der Waals surface area contributed by atoms with E-state index in [9.17, 15) is 4.79 Å². The summed E-state index contributed by atoms with van der Waals surface area (Å²) >= 11 is 5.73. The summed E-state index contributed by atoms with van der Waals surface area (Å²) in [5.41, 5.74) is 1.37. The molecule has 1 aromatic rings. The van der Waals surface area contributed by atoms with E-state index < -0.39 is 5.97 Å². The van der Waals surface area contributed by atoms with Gasteiger partial charge in [-0.2, -0.15) is 0 Å². The maximum absolute atomic E-state index is 11.6. The fourth-order valence-electron chi connectivity index (χ4n) is 1.90. The number of carbonyl (C=O) groups is 1.